The van der Waals surface area contributed by atoms with E-state index >= 15 is 0 Å². The normalized spacial score (nSPS) is 11.1. The Labute approximate surface area is 196 Å². The van der Waals surface area contributed by atoms with Crippen LogP contribution in [0, 0.1) is 6.92 Å². The summed E-state index contributed by atoms with van der Waals surface area (Å²) >= 11 is 5.31. The van der Waals surface area contributed by atoms with Crippen molar-refractivity contribution in [3.63, 3.8) is 0 Å². The lowest BCUT2D eigenvalue weighted by Crippen LogP contribution is -2.20. The van der Waals surface area contributed by atoms with Gasteiger partial charge in [0, 0.05) is 18.1 Å². The number of anilines is 3. The second-order valence-corrected chi connectivity index (χ2v) is 9.12. The molecule has 2 aromatic carbocycles. The molecule has 0 aliphatic rings. The van der Waals surface area contributed by atoms with Gasteiger partial charge in [0.15, 0.2) is 5.11 Å². The Hall–Kier alpha value is -3.90. The second kappa shape index (κ2) is 9.71. The molecule has 0 radical (unpaired) electrons. The van der Waals surface area contributed by atoms with Crippen LogP contribution in [0.2, 0.25) is 0 Å². The Balaban J connectivity index is 1.33. The van der Waals surface area contributed by atoms with E-state index in [1.165, 1.54) is 30.1 Å². The monoisotopic (exact) mass is 480 g/mol. The van der Waals surface area contributed by atoms with E-state index in [2.05, 4.69) is 35.4 Å². The Kier molecular flexibility index (Phi) is 6.56. The first-order chi connectivity index (χ1) is 15.9. The number of rotatable bonds is 7. The smallest absolute Gasteiger partial charge is 0.264 e. The van der Waals surface area contributed by atoms with E-state index in [4.69, 9.17) is 12.2 Å². The van der Waals surface area contributed by atoms with Gasteiger partial charge in [0.2, 0.25) is 11.9 Å². The molecule has 3 N–H and O–H groups in total. The molecule has 4 rings (SSSR count). The summed E-state index contributed by atoms with van der Waals surface area (Å²) in [6.45, 7) is 2.63. The third-order valence-electron chi connectivity index (χ3n) is 4.44. The predicted octanol–water partition coefficient (Wildman–Crippen LogP) is 3.03. The van der Waals surface area contributed by atoms with E-state index in [0.29, 0.717) is 18.2 Å². The maximum atomic E-state index is 12.5. The van der Waals surface area contributed by atoms with Gasteiger partial charge >= 0.3 is 0 Å². The molecule has 10 nitrogen and oxygen atoms in total. The summed E-state index contributed by atoms with van der Waals surface area (Å²) in [5, 5.41) is 10.5. The first-order valence-electron chi connectivity index (χ1n) is 9.80. The van der Waals surface area contributed by atoms with Crippen molar-refractivity contribution in [3.8, 4) is 0 Å². The van der Waals surface area contributed by atoms with Gasteiger partial charge in [-0.15, -0.1) is 5.10 Å². The van der Waals surface area contributed by atoms with Crippen molar-refractivity contribution >= 4 is 44.9 Å². The third kappa shape index (κ3) is 6.08. The van der Waals surface area contributed by atoms with E-state index < -0.39 is 10.0 Å². The van der Waals surface area contributed by atoms with Crippen LogP contribution in [-0.4, -0.2) is 38.3 Å². The summed E-state index contributed by atoms with van der Waals surface area (Å²) in [4.78, 5) is 12.0. The van der Waals surface area contributed by atoms with Crippen LogP contribution in [-0.2, 0) is 16.6 Å². The van der Waals surface area contributed by atoms with Gasteiger partial charge in [0.1, 0.15) is 6.33 Å². The van der Waals surface area contributed by atoms with Crippen LogP contribution in [0.25, 0.3) is 0 Å². The summed E-state index contributed by atoms with van der Waals surface area (Å²) in [5.74, 6) is 0.352. The number of benzene rings is 2. The molecule has 168 valence electrons. The molecule has 0 fully saturated rings. The van der Waals surface area contributed by atoms with Crippen molar-refractivity contribution < 1.29 is 8.42 Å². The molecule has 0 aliphatic heterocycles. The number of nitrogens with zero attached hydrogens (tertiary/aromatic N) is 5. The fourth-order valence-corrected chi connectivity index (χ4v) is 3.99. The minimum absolute atomic E-state index is 0.000561. The molecule has 0 bridgehead atoms. The fourth-order valence-electron chi connectivity index (χ4n) is 2.82. The number of aryl methyl sites for hydroxylation is 1. The summed E-state index contributed by atoms with van der Waals surface area (Å²) in [6.07, 6.45) is 4.52. The molecule has 33 heavy (non-hydrogen) atoms. The van der Waals surface area contributed by atoms with Crippen LogP contribution in [0.5, 0.6) is 0 Å². The van der Waals surface area contributed by atoms with Crippen LogP contribution < -0.4 is 15.4 Å². The maximum absolute atomic E-state index is 12.5. The van der Waals surface area contributed by atoms with Gasteiger partial charge in [0.25, 0.3) is 10.0 Å². The van der Waals surface area contributed by atoms with E-state index in [1.807, 2.05) is 31.2 Å². The zero-order valence-corrected chi connectivity index (χ0v) is 19.1. The number of thiocarbonyl (C=S) groups is 1. The van der Waals surface area contributed by atoms with Crippen molar-refractivity contribution in [3.05, 3.63) is 84.4 Å². The Morgan fingerprint density at radius 3 is 2.33 bits per heavy atom. The summed E-state index contributed by atoms with van der Waals surface area (Å²) in [7, 11) is -3.81. The molecule has 2 heterocycles. The van der Waals surface area contributed by atoms with Crippen molar-refractivity contribution in [1.82, 2.24) is 24.7 Å². The second-order valence-electron chi connectivity index (χ2n) is 7.03. The highest BCUT2D eigenvalue weighted by Crippen LogP contribution is 2.16. The van der Waals surface area contributed by atoms with Crippen molar-refractivity contribution in [2.24, 2.45) is 0 Å². The van der Waals surface area contributed by atoms with Crippen LogP contribution in [0.15, 0.2) is 78.2 Å². The molecule has 0 saturated heterocycles. The molecule has 2 aromatic heterocycles. The highest BCUT2D eigenvalue weighted by atomic mass is 32.2. The van der Waals surface area contributed by atoms with Gasteiger partial charge in [-0.3, -0.25) is 5.32 Å². The number of sulfonamides is 1. The first kappa shape index (κ1) is 22.3. The topological polar surface area (TPSA) is 127 Å². The molecule has 0 unspecified atom stereocenters. The van der Waals surface area contributed by atoms with Gasteiger partial charge < -0.3 is 5.32 Å². The van der Waals surface area contributed by atoms with E-state index in [1.54, 1.807) is 29.2 Å². The van der Waals surface area contributed by atoms with E-state index in [9.17, 15) is 8.42 Å². The molecule has 0 atom stereocenters. The average molecular weight is 481 g/mol. The predicted molar refractivity (Wildman–Crippen MR) is 129 cm³/mol. The van der Waals surface area contributed by atoms with Crippen LogP contribution in [0.3, 0.4) is 0 Å². The van der Waals surface area contributed by atoms with Crippen molar-refractivity contribution in [1.29, 1.82) is 0 Å². The van der Waals surface area contributed by atoms with Gasteiger partial charge in [-0.05, 0) is 55.0 Å². The minimum atomic E-state index is -3.81. The Morgan fingerprint density at radius 2 is 1.64 bits per heavy atom. The number of hydrogen-bond acceptors (Lipinski definition) is 7. The van der Waals surface area contributed by atoms with E-state index in [-0.39, 0.29) is 16.0 Å². The molecule has 12 heteroatoms. The summed E-state index contributed by atoms with van der Waals surface area (Å²) < 4.78 is 28.9. The largest absolute Gasteiger partial charge is 0.332 e. The maximum Gasteiger partial charge on any atom is 0.264 e. The quantitative estimate of drug-likeness (QED) is 0.342. The molecule has 0 amide bonds. The molecule has 0 saturated carbocycles. The van der Waals surface area contributed by atoms with Crippen LogP contribution in [0.4, 0.5) is 17.6 Å². The standard InChI is InChI=1S/C21H20N8O2S2/c1-15-3-5-16(6-4-15)13-29-14-24-20(27-29)26-21(32)25-17-7-9-18(10-8-17)33(30,31)28-19-22-11-2-12-23-19/h2-12,14H,13H2,1H3,(H,22,23,28)(H2,25,26,27,32). The van der Waals surface area contributed by atoms with Gasteiger partial charge in [-0.2, -0.15) is 0 Å². The summed E-state index contributed by atoms with van der Waals surface area (Å²) in [6, 6.07) is 15.9. The van der Waals surface area contributed by atoms with E-state index in [0.717, 1.165) is 5.56 Å². The zero-order chi connectivity index (χ0) is 23.3. The lowest BCUT2D eigenvalue weighted by Gasteiger charge is -2.10. The first-order valence-corrected chi connectivity index (χ1v) is 11.7. The molecule has 0 spiro atoms. The summed E-state index contributed by atoms with van der Waals surface area (Å²) in [5.41, 5.74) is 2.91. The lowest BCUT2D eigenvalue weighted by molar-refractivity contribution is 0.601. The third-order valence-corrected chi connectivity index (χ3v) is 5.99. The minimum Gasteiger partial charge on any atom is -0.332 e. The number of hydrogen-bond donors (Lipinski definition) is 3. The van der Waals surface area contributed by atoms with Gasteiger partial charge in [0.05, 0.1) is 11.4 Å². The van der Waals surface area contributed by atoms with Gasteiger partial charge in [-0.25, -0.2) is 32.8 Å². The van der Waals surface area contributed by atoms with Crippen LogP contribution in [0.1, 0.15) is 11.1 Å². The number of aromatic nitrogens is 5. The highest BCUT2D eigenvalue weighted by molar-refractivity contribution is 7.92. The number of nitrogens with one attached hydrogen (secondary N) is 3. The Bertz CT molecular complexity index is 1340. The molecular weight excluding hydrogens is 460 g/mol. The molecule has 0 aliphatic carbocycles. The average Bonchev–Trinajstić information content (AvgIpc) is 3.22. The van der Waals surface area contributed by atoms with Crippen molar-refractivity contribution in [2.45, 2.75) is 18.4 Å². The fraction of sp³-hybridized carbons (Fsp3) is 0.0952. The SMILES string of the molecule is Cc1ccc(Cn2cnc(NC(=S)Nc3ccc(S(=O)(=O)Nc4ncccn4)cc3)n2)cc1. The van der Waals surface area contributed by atoms with Crippen molar-refractivity contribution in [2.75, 3.05) is 15.4 Å². The zero-order valence-electron chi connectivity index (χ0n) is 17.5. The Morgan fingerprint density at radius 1 is 0.939 bits per heavy atom. The van der Waals surface area contributed by atoms with Crippen LogP contribution >= 0.6 is 12.2 Å². The molecule has 4 aromatic rings. The lowest BCUT2D eigenvalue weighted by atomic mass is 10.1. The molecular formula is C21H20N8O2S2. The van der Waals surface area contributed by atoms with Gasteiger partial charge in [-0.1, -0.05) is 29.8 Å². The highest BCUT2D eigenvalue weighted by Gasteiger charge is 2.15.